The van der Waals surface area contributed by atoms with Gasteiger partial charge in [0.2, 0.25) is 0 Å². The Bertz CT molecular complexity index is 4530. The van der Waals surface area contributed by atoms with E-state index in [1.807, 2.05) is 72.8 Å². The van der Waals surface area contributed by atoms with Crippen LogP contribution in [-0.4, -0.2) is 4.57 Å². The second-order valence-electron chi connectivity index (χ2n) is 14.2. The molecule has 0 saturated carbocycles. The molecule has 0 fully saturated rings. The molecule has 13 rings (SSSR count). The van der Waals surface area contributed by atoms with Crippen LogP contribution in [0.2, 0.25) is 0 Å². The van der Waals surface area contributed by atoms with Crippen LogP contribution in [0.4, 0.5) is 0 Å². The number of benzene rings is 12. The standard InChI is InChI=1S/C56H33N/c1-2-12-44(13-3-1)57-51-15-5-4-14-47(51)50-33-40(24-29-52(50)57)41-30-42(45-25-20-38-18-16-34-8-6-10-36-22-27-48(45)55(38)53(34)36)32-43(31-41)46-26-21-39-19-17-35-9-7-11-37-23-28-49(46)56(39)54(35)37/h1-33H/i6D,7D,8D,9D,10D,11D,16D,17D,18D,19D,20D,21D,22D,23D,25D,26D,27D,28D. The average Bonchev–Trinajstić information content (AvgIpc) is 3.85. The van der Waals surface area contributed by atoms with Gasteiger partial charge in [0.25, 0.3) is 0 Å². The molecule has 1 heteroatoms. The summed E-state index contributed by atoms with van der Waals surface area (Å²) in [7, 11) is 0. The molecule has 0 spiro atoms. The van der Waals surface area contributed by atoms with Crippen LogP contribution in [0.5, 0.6) is 0 Å². The summed E-state index contributed by atoms with van der Waals surface area (Å²) in [6.07, 6.45) is 0. The first-order valence-corrected chi connectivity index (χ1v) is 18.4. The smallest absolute Gasteiger partial charge is 0.0630 e. The molecule has 0 aliphatic heterocycles. The number of aromatic nitrogens is 1. The summed E-state index contributed by atoms with van der Waals surface area (Å²) in [6, 6.07) is 18.6. The van der Waals surface area contributed by atoms with E-state index in [4.69, 9.17) is 13.7 Å². The zero-order valence-electron chi connectivity index (χ0n) is 47.6. The molecule has 0 aliphatic carbocycles. The molecule has 0 atom stereocenters. The van der Waals surface area contributed by atoms with Crippen LogP contribution in [-0.2, 0) is 0 Å². The second-order valence-corrected chi connectivity index (χ2v) is 14.2. The highest BCUT2D eigenvalue weighted by atomic mass is 15.0. The molecule has 12 aromatic carbocycles. The van der Waals surface area contributed by atoms with E-state index < -0.39 is 109 Å². The van der Waals surface area contributed by atoms with Gasteiger partial charge in [-0.2, -0.15) is 0 Å². The van der Waals surface area contributed by atoms with Crippen molar-refractivity contribution in [3.8, 4) is 39.1 Å². The molecule has 1 nitrogen and oxygen atoms in total. The minimum Gasteiger partial charge on any atom is -0.309 e. The van der Waals surface area contributed by atoms with Crippen LogP contribution in [0.3, 0.4) is 0 Å². The van der Waals surface area contributed by atoms with Gasteiger partial charge in [-0.3, -0.25) is 0 Å². The quantitative estimate of drug-likeness (QED) is 0.159. The Morgan fingerprint density at radius 1 is 0.316 bits per heavy atom. The monoisotopic (exact) mass is 737 g/mol. The first-order valence-electron chi connectivity index (χ1n) is 27.4. The fraction of sp³-hybridized carbons (Fsp3) is 0. The van der Waals surface area contributed by atoms with Crippen LogP contribution in [0, 0.1) is 0 Å². The molecule has 13 aromatic rings. The summed E-state index contributed by atoms with van der Waals surface area (Å²) < 4.78 is 168. The van der Waals surface area contributed by atoms with Gasteiger partial charge in [-0.1, -0.05) is 151 Å². The molecule has 0 amide bonds. The van der Waals surface area contributed by atoms with E-state index in [-0.39, 0.29) is 86.9 Å². The number of fused-ring (bicyclic) bond motifs is 3. The number of hydrogen-bond donors (Lipinski definition) is 0. The minimum atomic E-state index is -0.609. The molecular weight excluding hydrogens is 687 g/mol. The number of nitrogens with zero attached hydrogens (tertiary/aromatic N) is 1. The predicted octanol–water partition coefficient (Wildman–Crippen LogP) is 15.6. The van der Waals surface area contributed by atoms with Crippen molar-refractivity contribution in [1.82, 2.24) is 4.57 Å². The Morgan fingerprint density at radius 2 is 0.789 bits per heavy atom. The van der Waals surface area contributed by atoms with E-state index >= 15 is 0 Å². The van der Waals surface area contributed by atoms with Gasteiger partial charge in [0.15, 0.2) is 0 Å². The van der Waals surface area contributed by atoms with Gasteiger partial charge >= 0.3 is 0 Å². The van der Waals surface area contributed by atoms with Crippen molar-refractivity contribution in [2.45, 2.75) is 0 Å². The summed E-state index contributed by atoms with van der Waals surface area (Å²) in [4.78, 5) is 0. The van der Waals surface area contributed by atoms with Gasteiger partial charge in [-0.15, -0.1) is 0 Å². The summed E-state index contributed by atoms with van der Waals surface area (Å²) in [5.41, 5.74) is 3.76. The van der Waals surface area contributed by atoms with Crippen molar-refractivity contribution in [2.75, 3.05) is 0 Å². The predicted molar refractivity (Wildman–Crippen MR) is 244 cm³/mol. The van der Waals surface area contributed by atoms with E-state index in [1.54, 1.807) is 12.1 Å². The average molecular weight is 738 g/mol. The zero-order chi connectivity index (χ0) is 52.9. The fourth-order valence-corrected chi connectivity index (χ4v) is 8.65. The molecular formula is C56H33N. The van der Waals surface area contributed by atoms with E-state index in [9.17, 15) is 11.0 Å². The van der Waals surface area contributed by atoms with Crippen molar-refractivity contribution in [3.05, 3.63) is 200 Å². The van der Waals surface area contributed by atoms with Crippen LogP contribution in [0.1, 0.15) is 24.7 Å². The zero-order valence-corrected chi connectivity index (χ0v) is 29.6. The number of rotatable bonds is 4. The minimum absolute atomic E-state index is 0.0212. The van der Waals surface area contributed by atoms with Crippen LogP contribution in [0.25, 0.3) is 126 Å². The number of hydrogen-bond acceptors (Lipinski definition) is 0. The Balaban J connectivity index is 1.22. The molecule has 0 bridgehead atoms. The Morgan fingerprint density at radius 3 is 1.39 bits per heavy atom. The highest BCUT2D eigenvalue weighted by Crippen LogP contribution is 2.45. The third kappa shape index (κ3) is 4.40. The molecule has 262 valence electrons. The lowest BCUT2D eigenvalue weighted by Gasteiger charge is -2.18. The van der Waals surface area contributed by atoms with Gasteiger partial charge in [0.1, 0.15) is 0 Å². The lowest BCUT2D eigenvalue weighted by Crippen LogP contribution is -1.93. The van der Waals surface area contributed by atoms with Gasteiger partial charge in [0, 0.05) is 16.5 Å². The highest BCUT2D eigenvalue weighted by Gasteiger charge is 2.18. The van der Waals surface area contributed by atoms with Crippen molar-refractivity contribution < 1.29 is 24.7 Å². The highest BCUT2D eigenvalue weighted by molar-refractivity contribution is 6.27. The summed E-state index contributed by atoms with van der Waals surface area (Å²) in [5.74, 6) is 0. The van der Waals surface area contributed by atoms with E-state index in [0.29, 0.717) is 11.1 Å². The fourth-order valence-electron chi connectivity index (χ4n) is 8.65. The van der Waals surface area contributed by atoms with Crippen molar-refractivity contribution >= 4 is 86.4 Å². The van der Waals surface area contributed by atoms with Gasteiger partial charge in [-0.05, 0) is 147 Å². The van der Waals surface area contributed by atoms with Crippen molar-refractivity contribution in [2.24, 2.45) is 0 Å². The number of para-hydroxylation sites is 2. The maximum absolute atomic E-state index is 9.76. The lowest BCUT2D eigenvalue weighted by atomic mass is 9.86. The first kappa shape index (κ1) is 18.4. The van der Waals surface area contributed by atoms with Gasteiger partial charge in [-0.25, -0.2) is 0 Å². The molecule has 0 saturated heterocycles. The normalized spacial score (nSPS) is 16.6. The van der Waals surface area contributed by atoms with Crippen LogP contribution < -0.4 is 0 Å². The maximum Gasteiger partial charge on any atom is 0.0630 e. The molecule has 0 unspecified atom stereocenters. The molecule has 0 N–H and O–H groups in total. The Labute approximate surface area is 354 Å². The summed E-state index contributed by atoms with van der Waals surface area (Å²) >= 11 is 0. The summed E-state index contributed by atoms with van der Waals surface area (Å²) in [5, 5.41) is 0.0739. The van der Waals surface area contributed by atoms with Crippen LogP contribution >= 0.6 is 0 Å². The van der Waals surface area contributed by atoms with Crippen molar-refractivity contribution in [1.29, 1.82) is 0 Å². The lowest BCUT2D eigenvalue weighted by molar-refractivity contribution is 1.18. The first-order chi connectivity index (χ1) is 35.8. The molecule has 57 heavy (non-hydrogen) atoms. The van der Waals surface area contributed by atoms with Crippen molar-refractivity contribution in [3.63, 3.8) is 0 Å². The Kier molecular flexibility index (Phi) is 3.73. The second kappa shape index (κ2) is 11.5. The third-order valence-corrected chi connectivity index (χ3v) is 11.2. The summed E-state index contributed by atoms with van der Waals surface area (Å²) in [6.45, 7) is 0. The molecule has 1 heterocycles. The van der Waals surface area contributed by atoms with Crippen LogP contribution in [0.15, 0.2) is 200 Å². The molecule has 0 aliphatic rings. The maximum atomic E-state index is 9.76. The SMILES string of the molecule is [2H]c1c([2H])c2c([2H])c([2H])c3c([2H])c([2H])c(-c4cc(-c5ccc6c(c5)c5ccccc5n6-c5ccccc5)cc(-c5c([2H])c([2H])c6c([2H])c([2H])c7c([2H])c([2H])c([2H])c8c([2H])c([2H])c5c6c78)c4)c4c([2H])c([2H])c(c1[2H])c2c34. The van der Waals surface area contributed by atoms with E-state index in [0.717, 1.165) is 27.5 Å². The molecule has 0 radical (unpaired) electrons. The Hall–Kier alpha value is -7.48. The largest absolute Gasteiger partial charge is 0.309 e. The third-order valence-electron chi connectivity index (χ3n) is 11.2. The topological polar surface area (TPSA) is 4.93 Å². The van der Waals surface area contributed by atoms with E-state index in [2.05, 4.69) is 4.57 Å². The van der Waals surface area contributed by atoms with Gasteiger partial charge < -0.3 is 4.57 Å². The van der Waals surface area contributed by atoms with E-state index in [1.165, 1.54) is 6.07 Å². The van der Waals surface area contributed by atoms with Gasteiger partial charge in [0.05, 0.1) is 35.7 Å². The molecule has 1 aromatic heterocycles.